The van der Waals surface area contributed by atoms with Crippen LogP contribution in [0, 0.1) is 0 Å². The summed E-state index contributed by atoms with van der Waals surface area (Å²) in [5.74, 6) is 1.77. The molecule has 2 heterocycles. The molecule has 0 saturated heterocycles. The Morgan fingerprint density at radius 2 is 2.12 bits per heavy atom. The second kappa shape index (κ2) is 3.70. The maximum atomic E-state index is 5.08. The quantitative estimate of drug-likeness (QED) is 0.771. The van der Waals surface area contributed by atoms with E-state index in [4.69, 9.17) is 4.42 Å². The highest BCUT2D eigenvalue weighted by atomic mass is 16.4. The van der Waals surface area contributed by atoms with Crippen LogP contribution in [0.4, 0.5) is 0 Å². The van der Waals surface area contributed by atoms with Gasteiger partial charge < -0.3 is 4.42 Å². The fraction of sp³-hybridized carbons (Fsp3) is 0.600. The van der Waals surface area contributed by atoms with Crippen LogP contribution in [-0.2, 0) is 12.0 Å². The normalized spacial score (nSPS) is 12.0. The maximum Gasteiger partial charge on any atom is 0.287 e. The second-order valence-corrected chi connectivity index (χ2v) is 4.57. The summed E-state index contributed by atoms with van der Waals surface area (Å²) >= 11 is 0. The first-order valence-corrected chi connectivity index (χ1v) is 5.24. The standard InChI is InChI=1S/C10H15N5O/c1-5-15-9(10(2,3)4)12-7(14-15)8-13-11-6-16-8/h6H,5H2,1-4H3. The van der Waals surface area contributed by atoms with Crippen molar-refractivity contribution in [1.82, 2.24) is 25.0 Å². The van der Waals surface area contributed by atoms with Gasteiger partial charge in [0, 0.05) is 12.0 Å². The van der Waals surface area contributed by atoms with E-state index in [2.05, 4.69) is 41.1 Å². The van der Waals surface area contributed by atoms with Crippen LogP contribution in [-0.4, -0.2) is 25.0 Å². The van der Waals surface area contributed by atoms with Crippen LogP contribution >= 0.6 is 0 Å². The van der Waals surface area contributed by atoms with Gasteiger partial charge in [-0.3, -0.25) is 0 Å². The molecular weight excluding hydrogens is 206 g/mol. The molecule has 0 atom stereocenters. The molecule has 0 aliphatic rings. The van der Waals surface area contributed by atoms with Crippen LogP contribution in [0.3, 0.4) is 0 Å². The summed E-state index contributed by atoms with van der Waals surface area (Å²) < 4.78 is 6.95. The van der Waals surface area contributed by atoms with Gasteiger partial charge in [0.05, 0.1) is 0 Å². The Hall–Kier alpha value is -1.72. The molecular formula is C10H15N5O. The van der Waals surface area contributed by atoms with Crippen LogP contribution in [0.2, 0.25) is 0 Å². The van der Waals surface area contributed by atoms with Crippen LogP contribution in [0.15, 0.2) is 10.8 Å². The molecule has 0 bridgehead atoms. The molecule has 16 heavy (non-hydrogen) atoms. The number of aryl methyl sites for hydroxylation is 1. The van der Waals surface area contributed by atoms with Crippen molar-refractivity contribution < 1.29 is 4.42 Å². The number of rotatable bonds is 2. The van der Waals surface area contributed by atoms with Crippen LogP contribution in [0.1, 0.15) is 33.5 Å². The van der Waals surface area contributed by atoms with Gasteiger partial charge in [0.1, 0.15) is 5.82 Å². The van der Waals surface area contributed by atoms with Gasteiger partial charge in [0.2, 0.25) is 12.2 Å². The van der Waals surface area contributed by atoms with E-state index in [9.17, 15) is 0 Å². The van der Waals surface area contributed by atoms with Gasteiger partial charge in [-0.2, -0.15) is 0 Å². The molecule has 2 aromatic heterocycles. The molecule has 6 nitrogen and oxygen atoms in total. The third-order valence-corrected chi connectivity index (χ3v) is 2.19. The highest BCUT2D eigenvalue weighted by Crippen LogP contribution is 2.22. The highest BCUT2D eigenvalue weighted by molar-refractivity contribution is 5.38. The fourth-order valence-electron chi connectivity index (χ4n) is 1.48. The molecule has 0 aromatic carbocycles. The summed E-state index contributed by atoms with van der Waals surface area (Å²) in [5, 5.41) is 11.8. The minimum atomic E-state index is -0.0543. The topological polar surface area (TPSA) is 69.6 Å². The first-order chi connectivity index (χ1) is 7.52. The lowest BCUT2D eigenvalue weighted by molar-refractivity contribution is 0.483. The minimum Gasteiger partial charge on any atom is -0.421 e. The van der Waals surface area contributed by atoms with E-state index < -0.39 is 0 Å². The Labute approximate surface area is 93.7 Å². The Balaban J connectivity index is 2.48. The van der Waals surface area contributed by atoms with Crippen molar-refractivity contribution in [1.29, 1.82) is 0 Å². The molecule has 0 radical (unpaired) electrons. The van der Waals surface area contributed by atoms with Crippen LogP contribution < -0.4 is 0 Å². The fourth-order valence-corrected chi connectivity index (χ4v) is 1.48. The molecule has 0 fully saturated rings. The maximum absolute atomic E-state index is 5.08. The molecule has 0 saturated carbocycles. The molecule has 0 spiro atoms. The van der Waals surface area contributed by atoms with E-state index in [1.165, 1.54) is 6.39 Å². The first kappa shape index (κ1) is 10.8. The Kier molecular flexibility index (Phi) is 2.49. The van der Waals surface area contributed by atoms with E-state index in [0.717, 1.165) is 12.4 Å². The van der Waals surface area contributed by atoms with E-state index in [-0.39, 0.29) is 5.41 Å². The first-order valence-electron chi connectivity index (χ1n) is 5.24. The van der Waals surface area contributed by atoms with Gasteiger partial charge in [0.15, 0.2) is 0 Å². The van der Waals surface area contributed by atoms with E-state index in [0.29, 0.717) is 11.7 Å². The van der Waals surface area contributed by atoms with Gasteiger partial charge in [0.25, 0.3) is 5.89 Å². The van der Waals surface area contributed by atoms with Crippen molar-refractivity contribution in [2.24, 2.45) is 0 Å². The summed E-state index contributed by atoms with van der Waals surface area (Å²) in [5.41, 5.74) is -0.0543. The van der Waals surface area contributed by atoms with E-state index >= 15 is 0 Å². The molecule has 0 amide bonds. The van der Waals surface area contributed by atoms with Crippen molar-refractivity contribution >= 4 is 0 Å². The summed E-state index contributed by atoms with van der Waals surface area (Å²) in [6.45, 7) is 9.09. The Morgan fingerprint density at radius 1 is 1.38 bits per heavy atom. The third-order valence-electron chi connectivity index (χ3n) is 2.19. The van der Waals surface area contributed by atoms with Crippen molar-refractivity contribution in [2.75, 3.05) is 0 Å². The molecule has 2 aromatic rings. The SMILES string of the molecule is CCn1nc(-c2nnco2)nc1C(C)(C)C. The summed E-state index contributed by atoms with van der Waals surface area (Å²) in [4.78, 5) is 4.45. The molecule has 0 aliphatic carbocycles. The number of hydrogen-bond acceptors (Lipinski definition) is 5. The van der Waals surface area contributed by atoms with Gasteiger partial charge in [-0.1, -0.05) is 20.8 Å². The monoisotopic (exact) mass is 221 g/mol. The van der Waals surface area contributed by atoms with Crippen molar-refractivity contribution in [3.63, 3.8) is 0 Å². The lowest BCUT2D eigenvalue weighted by atomic mass is 9.96. The predicted molar refractivity (Wildman–Crippen MR) is 57.7 cm³/mol. The zero-order chi connectivity index (χ0) is 11.8. The zero-order valence-corrected chi connectivity index (χ0v) is 9.93. The third kappa shape index (κ3) is 1.82. The molecule has 0 N–H and O–H groups in total. The molecule has 0 aliphatic heterocycles. The summed E-state index contributed by atoms with van der Waals surface area (Å²) in [6, 6.07) is 0. The zero-order valence-electron chi connectivity index (χ0n) is 9.93. The lowest BCUT2D eigenvalue weighted by Gasteiger charge is -2.17. The average molecular weight is 221 g/mol. The molecule has 6 heteroatoms. The Morgan fingerprint density at radius 3 is 2.56 bits per heavy atom. The number of nitrogens with zero attached hydrogens (tertiary/aromatic N) is 5. The Bertz CT molecular complexity index is 466. The van der Waals surface area contributed by atoms with Gasteiger partial charge in [-0.25, -0.2) is 9.67 Å². The predicted octanol–water partition coefficient (Wildman–Crippen LogP) is 1.65. The number of aromatic nitrogens is 5. The van der Waals surface area contributed by atoms with Gasteiger partial charge in [-0.15, -0.1) is 15.3 Å². The van der Waals surface area contributed by atoms with Crippen LogP contribution in [0.25, 0.3) is 11.7 Å². The van der Waals surface area contributed by atoms with Gasteiger partial charge in [-0.05, 0) is 6.92 Å². The average Bonchev–Trinajstić information content (AvgIpc) is 2.85. The van der Waals surface area contributed by atoms with Crippen LogP contribution in [0.5, 0.6) is 0 Å². The largest absolute Gasteiger partial charge is 0.421 e. The van der Waals surface area contributed by atoms with Gasteiger partial charge >= 0.3 is 0 Å². The second-order valence-electron chi connectivity index (χ2n) is 4.57. The van der Waals surface area contributed by atoms with E-state index in [1.807, 2.05) is 11.6 Å². The highest BCUT2D eigenvalue weighted by Gasteiger charge is 2.24. The van der Waals surface area contributed by atoms with Crippen molar-refractivity contribution in [3.05, 3.63) is 12.2 Å². The molecule has 2 rings (SSSR count). The minimum absolute atomic E-state index is 0.0543. The van der Waals surface area contributed by atoms with Crippen molar-refractivity contribution in [2.45, 2.75) is 39.7 Å². The summed E-state index contributed by atoms with van der Waals surface area (Å²) in [6.07, 6.45) is 1.28. The molecule has 86 valence electrons. The smallest absolute Gasteiger partial charge is 0.287 e. The lowest BCUT2D eigenvalue weighted by Crippen LogP contribution is -2.19. The van der Waals surface area contributed by atoms with E-state index in [1.54, 1.807) is 0 Å². The summed E-state index contributed by atoms with van der Waals surface area (Å²) in [7, 11) is 0. The number of hydrogen-bond donors (Lipinski definition) is 0. The van der Waals surface area contributed by atoms with Crippen molar-refractivity contribution in [3.8, 4) is 11.7 Å². The molecule has 0 unspecified atom stereocenters.